The standard InChI is InChI=1S/C22H27ClN4O3S.ClH/c23-19-7-5-18-12-20(8-6-17(18)11-19)31(29,30)27-10-9-26(21(28)14-27)13-15-1-3-16(4-2-15)22(24)25;/h5-8,11-12,15-16H,1-4,9-10,13-14H2,(H3,24,25);1H. The Balaban J connectivity index is 0.00000289. The highest BCUT2D eigenvalue weighted by Crippen LogP contribution is 2.30. The predicted octanol–water partition coefficient (Wildman–Crippen LogP) is 3.49. The minimum absolute atomic E-state index is 0. The summed E-state index contributed by atoms with van der Waals surface area (Å²) in [5, 5.41) is 9.84. The number of amidine groups is 1. The molecule has 2 aliphatic rings. The number of rotatable bonds is 5. The monoisotopic (exact) mass is 498 g/mol. The van der Waals surface area contributed by atoms with Crippen LogP contribution in [0.5, 0.6) is 0 Å². The van der Waals surface area contributed by atoms with E-state index in [2.05, 4.69) is 0 Å². The van der Waals surface area contributed by atoms with Gasteiger partial charge >= 0.3 is 0 Å². The van der Waals surface area contributed by atoms with Crippen LogP contribution in [0.2, 0.25) is 5.02 Å². The van der Waals surface area contributed by atoms with Crippen molar-refractivity contribution in [2.24, 2.45) is 17.6 Å². The quantitative estimate of drug-likeness (QED) is 0.485. The summed E-state index contributed by atoms with van der Waals surface area (Å²) in [7, 11) is -3.75. The SMILES string of the molecule is Cl.N=C(N)C1CCC(CN2CCN(S(=O)(=O)c3ccc4cc(Cl)ccc4c3)CC2=O)CC1. The van der Waals surface area contributed by atoms with E-state index in [-0.39, 0.29) is 48.1 Å². The van der Waals surface area contributed by atoms with Gasteiger partial charge in [-0.15, -0.1) is 12.4 Å². The highest BCUT2D eigenvalue weighted by molar-refractivity contribution is 7.89. The number of nitrogens with two attached hydrogens (primary N) is 1. The molecule has 2 aromatic carbocycles. The van der Waals surface area contributed by atoms with Gasteiger partial charge in [-0.2, -0.15) is 4.31 Å². The van der Waals surface area contributed by atoms with Gasteiger partial charge < -0.3 is 10.6 Å². The van der Waals surface area contributed by atoms with Crippen molar-refractivity contribution in [3.63, 3.8) is 0 Å². The molecule has 32 heavy (non-hydrogen) atoms. The second-order valence-corrected chi connectivity index (χ2v) is 10.9. The molecule has 1 aliphatic heterocycles. The maximum atomic E-state index is 13.1. The minimum atomic E-state index is -3.75. The van der Waals surface area contributed by atoms with E-state index in [9.17, 15) is 13.2 Å². The van der Waals surface area contributed by atoms with Crippen molar-refractivity contribution < 1.29 is 13.2 Å². The molecule has 1 saturated carbocycles. The van der Waals surface area contributed by atoms with Crippen molar-refractivity contribution in [1.82, 2.24) is 9.21 Å². The topological polar surface area (TPSA) is 108 Å². The maximum absolute atomic E-state index is 13.1. The van der Waals surface area contributed by atoms with E-state index >= 15 is 0 Å². The molecule has 1 heterocycles. The van der Waals surface area contributed by atoms with Crippen LogP contribution in [0.4, 0.5) is 0 Å². The van der Waals surface area contributed by atoms with Crippen molar-refractivity contribution in [3.8, 4) is 0 Å². The van der Waals surface area contributed by atoms with E-state index in [0.717, 1.165) is 36.5 Å². The van der Waals surface area contributed by atoms with Crippen molar-refractivity contribution >= 4 is 56.5 Å². The first kappa shape index (κ1) is 24.8. The molecule has 2 fully saturated rings. The molecule has 0 radical (unpaired) electrons. The molecule has 0 spiro atoms. The molecule has 2 aromatic rings. The van der Waals surface area contributed by atoms with Crippen LogP contribution < -0.4 is 5.73 Å². The minimum Gasteiger partial charge on any atom is -0.387 e. The molecular weight excluding hydrogens is 471 g/mol. The Bertz CT molecular complexity index is 1120. The second-order valence-electron chi connectivity index (χ2n) is 8.50. The van der Waals surface area contributed by atoms with Crippen LogP contribution in [-0.2, 0) is 14.8 Å². The lowest BCUT2D eigenvalue weighted by atomic mass is 9.81. The average molecular weight is 499 g/mol. The summed E-state index contributed by atoms with van der Waals surface area (Å²) in [5.74, 6) is 0.642. The largest absolute Gasteiger partial charge is 0.387 e. The van der Waals surface area contributed by atoms with Crippen LogP contribution in [0, 0.1) is 17.2 Å². The normalized spacial score (nSPS) is 22.5. The number of nitrogens with one attached hydrogen (secondary N) is 1. The summed E-state index contributed by atoms with van der Waals surface area (Å²) >= 11 is 6.01. The molecule has 10 heteroatoms. The van der Waals surface area contributed by atoms with Crippen molar-refractivity contribution in [2.75, 3.05) is 26.2 Å². The molecule has 174 valence electrons. The van der Waals surface area contributed by atoms with Gasteiger partial charge in [0, 0.05) is 30.6 Å². The zero-order chi connectivity index (χ0) is 22.2. The van der Waals surface area contributed by atoms with Crippen LogP contribution in [0.25, 0.3) is 10.8 Å². The highest BCUT2D eigenvalue weighted by atomic mass is 35.5. The molecule has 1 amide bonds. The molecule has 3 N–H and O–H groups in total. The number of halogens is 2. The predicted molar refractivity (Wildman–Crippen MR) is 129 cm³/mol. The van der Waals surface area contributed by atoms with Crippen LogP contribution in [0.15, 0.2) is 41.3 Å². The zero-order valence-electron chi connectivity index (χ0n) is 17.7. The number of benzene rings is 2. The summed E-state index contributed by atoms with van der Waals surface area (Å²) in [6, 6.07) is 10.2. The first-order chi connectivity index (χ1) is 14.7. The van der Waals surface area contributed by atoms with Crippen molar-refractivity contribution in [3.05, 3.63) is 41.4 Å². The number of nitrogens with zero attached hydrogens (tertiary/aromatic N) is 2. The molecule has 1 saturated heterocycles. The Labute approximate surface area is 199 Å². The molecule has 0 atom stereocenters. The molecule has 7 nitrogen and oxygen atoms in total. The fourth-order valence-corrected chi connectivity index (χ4v) is 6.15. The number of hydrogen-bond acceptors (Lipinski definition) is 4. The number of hydrogen-bond donors (Lipinski definition) is 2. The molecule has 0 bridgehead atoms. The van der Waals surface area contributed by atoms with Crippen LogP contribution >= 0.6 is 24.0 Å². The van der Waals surface area contributed by atoms with Gasteiger partial charge in [0.25, 0.3) is 0 Å². The van der Waals surface area contributed by atoms with Gasteiger partial charge in [-0.25, -0.2) is 8.42 Å². The number of carbonyl (C=O) groups excluding carboxylic acids is 1. The fourth-order valence-electron chi connectivity index (χ4n) is 4.56. The van der Waals surface area contributed by atoms with E-state index < -0.39 is 10.0 Å². The molecular formula is C22H28Cl2N4O3S. The highest BCUT2D eigenvalue weighted by Gasteiger charge is 2.34. The summed E-state index contributed by atoms with van der Waals surface area (Å²) in [4.78, 5) is 14.7. The van der Waals surface area contributed by atoms with Crippen LogP contribution in [0.3, 0.4) is 0 Å². The van der Waals surface area contributed by atoms with E-state index in [0.29, 0.717) is 24.0 Å². The second kappa shape index (κ2) is 9.95. The van der Waals surface area contributed by atoms with Gasteiger partial charge in [0.05, 0.1) is 17.3 Å². The molecule has 4 rings (SSSR count). The number of amides is 1. The first-order valence-electron chi connectivity index (χ1n) is 10.5. The molecule has 0 aromatic heterocycles. The third-order valence-corrected chi connectivity index (χ3v) is 8.54. The summed E-state index contributed by atoms with van der Waals surface area (Å²) < 4.78 is 27.5. The molecule has 0 unspecified atom stereocenters. The van der Waals surface area contributed by atoms with E-state index in [1.807, 2.05) is 0 Å². The van der Waals surface area contributed by atoms with Crippen LogP contribution in [0.1, 0.15) is 25.7 Å². The Morgan fingerprint density at radius 1 is 1.06 bits per heavy atom. The zero-order valence-corrected chi connectivity index (χ0v) is 20.1. The summed E-state index contributed by atoms with van der Waals surface area (Å²) in [6.07, 6.45) is 3.65. The number of fused-ring (bicyclic) bond motifs is 1. The van der Waals surface area contributed by atoms with Crippen LogP contribution in [-0.4, -0.2) is 55.5 Å². The van der Waals surface area contributed by atoms with E-state index in [4.69, 9.17) is 22.7 Å². The number of carbonyl (C=O) groups is 1. The first-order valence-corrected chi connectivity index (χ1v) is 12.4. The van der Waals surface area contributed by atoms with Gasteiger partial charge in [-0.3, -0.25) is 10.2 Å². The lowest BCUT2D eigenvalue weighted by Crippen LogP contribution is -2.53. The molecule has 1 aliphatic carbocycles. The number of sulfonamides is 1. The fraction of sp³-hybridized carbons (Fsp3) is 0.455. The van der Waals surface area contributed by atoms with Crippen molar-refractivity contribution in [2.45, 2.75) is 30.6 Å². The maximum Gasteiger partial charge on any atom is 0.243 e. The van der Waals surface area contributed by atoms with E-state index in [1.165, 1.54) is 4.31 Å². The third kappa shape index (κ3) is 5.20. The summed E-state index contributed by atoms with van der Waals surface area (Å²) in [5.41, 5.74) is 5.61. The third-order valence-electron chi connectivity index (χ3n) is 6.46. The lowest BCUT2D eigenvalue weighted by molar-refractivity contribution is -0.134. The Morgan fingerprint density at radius 2 is 1.72 bits per heavy atom. The van der Waals surface area contributed by atoms with Gasteiger partial charge in [0.1, 0.15) is 0 Å². The Morgan fingerprint density at radius 3 is 2.38 bits per heavy atom. The Kier molecular flexibility index (Phi) is 7.70. The van der Waals surface area contributed by atoms with Gasteiger partial charge in [-0.05, 0) is 66.6 Å². The smallest absolute Gasteiger partial charge is 0.243 e. The van der Waals surface area contributed by atoms with E-state index in [1.54, 1.807) is 41.3 Å². The number of piperazine rings is 1. The van der Waals surface area contributed by atoms with Gasteiger partial charge in [0.2, 0.25) is 15.9 Å². The van der Waals surface area contributed by atoms with Gasteiger partial charge in [-0.1, -0.05) is 23.7 Å². The van der Waals surface area contributed by atoms with Gasteiger partial charge in [0.15, 0.2) is 0 Å². The average Bonchev–Trinajstić information content (AvgIpc) is 2.75. The van der Waals surface area contributed by atoms with Crippen molar-refractivity contribution in [1.29, 1.82) is 5.41 Å². The Hall–Kier alpha value is -1.87. The lowest BCUT2D eigenvalue weighted by Gasteiger charge is -2.37. The summed E-state index contributed by atoms with van der Waals surface area (Å²) in [6.45, 7) is 1.20.